The molecule has 0 spiro atoms. The Labute approximate surface area is 108 Å². The van der Waals surface area contributed by atoms with E-state index in [2.05, 4.69) is 10.4 Å². The lowest BCUT2D eigenvalue weighted by Crippen LogP contribution is -2.23. The summed E-state index contributed by atoms with van der Waals surface area (Å²) in [6.45, 7) is 2.16. The molecule has 1 aliphatic rings. The molecule has 0 saturated heterocycles. The first-order chi connectivity index (χ1) is 8.57. The van der Waals surface area contributed by atoms with Crippen LogP contribution in [0.3, 0.4) is 0 Å². The Morgan fingerprint density at radius 3 is 3.00 bits per heavy atom. The van der Waals surface area contributed by atoms with Crippen molar-refractivity contribution in [1.29, 1.82) is 0 Å². The number of sulfone groups is 1. The van der Waals surface area contributed by atoms with Gasteiger partial charge in [-0.25, -0.2) is 8.42 Å². The van der Waals surface area contributed by atoms with E-state index in [-0.39, 0.29) is 11.5 Å². The molecule has 1 aliphatic carbocycles. The van der Waals surface area contributed by atoms with E-state index in [1.807, 2.05) is 17.9 Å². The number of nitrogens with one attached hydrogen (secondary N) is 1. The molecule has 0 aliphatic heterocycles. The normalized spacial score (nSPS) is 19.8. The molecule has 0 saturated carbocycles. The Bertz CT molecular complexity index is 507. The van der Waals surface area contributed by atoms with Crippen molar-refractivity contribution < 1.29 is 8.42 Å². The van der Waals surface area contributed by atoms with Crippen LogP contribution in [0.4, 0.5) is 0 Å². The highest BCUT2D eigenvalue weighted by molar-refractivity contribution is 7.91. The Morgan fingerprint density at radius 2 is 2.33 bits per heavy atom. The molecule has 0 aromatic carbocycles. The summed E-state index contributed by atoms with van der Waals surface area (Å²) in [5.41, 5.74) is 2.43. The number of hydrogen-bond donors (Lipinski definition) is 1. The average molecular weight is 271 g/mol. The van der Waals surface area contributed by atoms with Crippen LogP contribution in [0.15, 0.2) is 6.20 Å². The van der Waals surface area contributed by atoms with Crippen LogP contribution < -0.4 is 5.32 Å². The molecular weight excluding hydrogens is 250 g/mol. The lowest BCUT2D eigenvalue weighted by Gasteiger charge is -2.22. The molecule has 1 unspecified atom stereocenters. The minimum Gasteiger partial charge on any atom is -0.313 e. The number of hydrogen-bond acceptors (Lipinski definition) is 4. The highest BCUT2D eigenvalue weighted by Crippen LogP contribution is 2.29. The Balaban J connectivity index is 2.14. The molecule has 0 amide bonds. The second-order valence-electron chi connectivity index (χ2n) is 4.74. The quantitative estimate of drug-likeness (QED) is 0.865. The zero-order valence-electron chi connectivity index (χ0n) is 11.0. The van der Waals surface area contributed by atoms with Crippen LogP contribution in [0, 0.1) is 0 Å². The van der Waals surface area contributed by atoms with Gasteiger partial charge in [-0.2, -0.15) is 5.10 Å². The smallest absolute Gasteiger partial charge is 0.151 e. The van der Waals surface area contributed by atoms with Gasteiger partial charge in [0.15, 0.2) is 9.84 Å². The van der Waals surface area contributed by atoms with Gasteiger partial charge in [-0.15, -0.1) is 0 Å². The molecule has 6 heteroatoms. The molecule has 0 bridgehead atoms. The molecule has 1 heterocycles. The van der Waals surface area contributed by atoms with Crippen LogP contribution in [0.1, 0.15) is 37.1 Å². The van der Waals surface area contributed by atoms with Crippen molar-refractivity contribution in [2.75, 3.05) is 18.6 Å². The number of fused-ring (bicyclic) bond motifs is 1. The molecule has 18 heavy (non-hydrogen) atoms. The van der Waals surface area contributed by atoms with Gasteiger partial charge >= 0.3 is 0 Å². The van der Waals surface area contributed by atoms with Crippen molar-refractivity contribution in [2.45, 2.75) is 38.8 Å². The fraction of sp³-hybridized carbons (Fsp3) is 0.750. The minimum absolute atomic E-state index is 0.182. The van der Waals surface area contributed by atoms with Crippen molar-refractivity contribution in [1.82, 2.24) is 15.1 Å². The van der Waals surface area contributed by atoms with Gasteiger partial charge in [0.2, 0.25) is 0 Å². The van der Waals surface area contributed by atoms with Crippen LogP contribution in [0.5, 0.6) is 0 Å². The van der Waals surface area contributed by atoms with E-state index in [4.69, 9.17) is 0 Å². The number of aryl methyl sites for hydroxylation is 1. The molecular formula is C12H21N3O2S. The van der Waals surface area contributed by atoms with Gasteiger partial charge < -0.3 is 5.32 Å². The summed E-state index contributed by atoms with van der Waals surface area (Å²) in [7, 11) is -0.961. The summed E-state index contributed by atoms with van der Waals surface area (Å²) in [5.74, 6) is 0.386. The fourth-order valence-corrected chi connectivity index (χ4v) is 3.22. The third-order valence-electron chi connectivity index (χ3n) is 3.67. The van der Waals surface area contributed by atoms with Gasteiger partial charge in [-0.3, -0.25) is 4.68 Å². The van der Waals surface area contributed by atoms with Gasteiger partial charge in [0, 0.05) is 23.1 Å². The summed E-state index contributed by atoms with van der Waals surface area (Å²) in [6.07, 6.45) is 5.14. The predicted octanol–water partition coefficient (Wildman–Crippen LogP) is 0.915. The van der Waals surface area contributed by atoms with Gasteiger partial charge in [-0.1, -0.05) is 6.92 Å². The summed E-state index contributed by atoms with van der Waals surface area (Å²) < 4.78 is 24.9. The van der Waals surface area contributed by atoms with E-state index in [9.17, 15) is 8.42 Å². The predicted molar refractivity (Wildman–Crippen MR) is 71.3 cm³/mol. The standard InChI is InChI=1S/C12H21N3O2S/c1-3-18(16,17)8-7-15-12-6-4-5-11(13-2)10(12)9-14-15/h9,11,13H,3-8H2,1-2H3. The molecule has 2 rings (SSSR count). The molecule has 0 fully saturated rings. The van der Waals surface area contributed by atoms with Gasteiger partial charge in [0.05, 0.1) is 18.5 Å². The van der Waals surface area contributed by atoms with Gasteiger partial charge in [0.1, 0.15) is 0 Å². The summed E-state index contributed by atoms with van der Waals surface area (Å²) in [5, 5.41) is 7.63. The zero-order chi connectivity index (χ0) is 13.2. The average Bonchev–Trinajstić information content (AvgIpc) is 2.79. The molecule has 0 radical (unpaired) electrons. The first-order valence-corrected chi connectivity index (χ1v) is 8.32. The van der Waals surface area contributed by atoms with E-state index in [1.54, 1.807) is 6.92 Å². The SMILES string of the molecule is CCS(=O)(=O)CCn1ncc2c1CCCC2NC. The van der Waals surface area contributed by atoms with Crippen LogP contribution in [0.25, 0.3) is 0 Å². The van der Waals surface area contributed by atoms with Crippen molar-refractivity contribution in [3.8, 4) is 0 Å². The topological polar surface area (TPSA) is 64.0 Å². The zero-order valence-corrected chi connectivity index (χ0v) is 11.8. The lowest BCUT2D eigenvalue weighted by atomic mass is 9.93. The van der Waals surface area contributed by atoms with E-state index in [0.717, 1.165) is 19.3 Å². The maximum Gasteiger partial charge on any atom is 0.151 e. The highest BCUT2D eigenvalue weighted by Gasteiger charge is 2.23. The molecule has 1 N–H and O–H groups in total. The Hall–Kier alpha value is -0.880. The van der Waals surface area contributed by atoms with Crippen LogP contribution in [-0.4, -0.2) is 36.8 Å². The van der Waals surface area contributed by atoms with E-state index >= 15 is 0 Å². The third kappa shape index (κ3) is 2.75. The van der Waals surface area contributed by atoms with Crippen molar-refractivity contribution in [3.05, 3.63) is 17.5 Å². The first kappa shape index (κ1) is 13.5. The number of rotatable bonds is 5. The van der Waals surface area contributed by atoms with Crippen LogP contribution in [0.2, 0.25) is 0 Å². The monoisotopic (exact) mass is 271 g/mol. The molecule has 102 valence electrons. The highest BCUT2D eigenvalue weighted by atomic mass is 32.2. The second-order valence-corrected chi connectivity index (χ2v) is 7.21. The van der Waals surface area contributed by atoms with Crippen LogP contribution >= 0.6 is 0 Å². The fourth-order valence-electron chi connectivity index (χ4n) is 2.48. The molecule has 5 nitrogen and oxygen atoms in total. The molecule has 1 aromatic heterocycles. The van der Waals surface area contributed by atoms with Crippen molar-refractivity contribution >= 4 is 9.84 Å². The second kappa shape index (κ2) is 5.40. The van der Waals surface area contributed by atoms with E-state index in [0.29, 0.717) is 12.6 Å². The first-order valence-electron chi connectivity index (χ1n) is 6.49. The number of aromatic nitrogens is 2. The van der Waals surface area contributed by atoms with Crippen molar-refractivity contribution in [3.63, 3.8) is 0 Å². The van der Waals surface area contributed by atoms with Crippen LogP contribution in [-0.2, 0) is 22.8 Å². The van der Waals surface area contributed by atoms with Gasteiger partial charge in [-0.05, 0) is 26.3 Å². The molecule has 1 atom stereocenters. The Morgan fingerprint density at radius 1 is 1.56 bits per heavy atom. The molecule has 1 aromatic rings. The number of nitrogens with zero attached hydrogens (tertiary/aromatic N) is 2. The summed E-state index contributed by atoms with van der Waals surface area (Å²) in [4.78, 5) is 0. The van der Waals surface area contributed by atoms with Gasteiger partial charge in [0.25, 0.3) is 0 Å². The maximum atomic E-state index is 11.5. The minimum atomic E-state index is -2.92. The Kier molecular flexibility index (Phi) is 4.07. The largest absolute Gasteiger partial charge is 0.313 e. The van der Waals surface area contributed by atoms with E-state index < -0.39 is 9.84 Å². The summed E-state index contributed by atoms with van der Waals surface area (Å²) in [6, 6.07) is 0.366. The maximum absolute atomic E-state index is 11.5. The summed E-state index contributed by atoms with van der Waals surface area (Å²) >= 11 is 0. The van der Waals surface area contributed by atoms with E-state index in [1.165, 1.54) is 11.3 Å². The third-order valence-corrected chi connectivity index (χ3v) is 5.35. The van der Waals surface area contributed by atoms with Crippen molar-refractivity contribution in [2.24, 2.45) is 0 Å². The lowest BCUT2D eigenvalue weighted by molar-refractivity contribution is 0.479.